The Kier molecular flexibility index (Phi) is 5.52. The highest BCUT2D eigenvalue weighted by atomic mass is 19.4. The average Bonchev–Trinajstić information content (AvgIpc) is 2.45. The minimum absolute atomic E-state index is 0.00970. The molecular formula is C14H13F9O. The van der Waals surface area contributed by atoms with Crippen LogP contribution in [-0.2, 0) is 4.79 Å². The Bertz CT molecular complexity index is 531. The predicted octanol–water partition coefficient (Wildman–Crippen LogP) is 5.33. The first-order valence-electron chi connectivity index (χ1n) is 6.69. The molecule has 0 spiro atoms. The molecule has 1 aliphatic rings. The fourth-order valence-electron chi connectivity index (χ4n) is 2.28. The quantitative estimate of drug-likeness (QED) is 0.352. The minimum atomic E-state index is -6.89. The van der Waals surface area contributed by atoms with E-state index in [0.29, 0.717) is 11.9 Å². The maximum Gasteiger partial charge on any atom is 0.460 e. The van der Waals surface area contributed by atoms with Crippen molar-refractivity contribution in [3.05, 3.63) is 23.8 Å². The third-order valence-corrected chi connectivity index (χ3v) is 3.83. The lowest BCUT2D eigenvalue weighted by Gasteiger charge is -2.35. The van der Waals surface area contributed by atoms with Gasteiger partial charge >= 0.3 is 23.9 Å². The van der Waals surface area contributed by atoms with Crippen molar-refractivity contribution in [1.82, 2.24) is 0 Å². The van der Waals surface area contributed by atoms with Gasteiger partial charge in [0.15, 0.2) is 0 Å². The highest BCUT2D eigenvalue weighted by molar-refractivity contribution is 5.73. The van der Waals surface area contributed by atoms with Gasteiger partial charge in [-0.25, -0.2) is 0 Å². The van der Waals surface area contributed by atoms with E-state index in [4.69, 9.17) is 0 Å². The summed E-state index contributed by atoms with van der Waals surface area (Å²) < 4.78 is 115. The number of carbonyl (C=O) groups excluding carboxylic acids is 1. The summed E-state index contributed by atoms with van der Waals surface area (Å²) in [5.41, 5.74) is -0.210. The van der Waals surface area contributed by atoms with Gasteiger partial charge in [-0.2, -0.15) is 39.5 Å². The van der Waals surface area contributed by atoms with Gasteiger partial charge in [-0.05, 0) is 30.8 Å². The Morgan fingerprint density at radius 3 is 2.00 bits per heavy atom. The van der Waals surface area contributed by atoms with Crippen LogP contribution in [0, 0.1) is 5.92 Å². The minimum Gasteiger partial charge on any atom is -0.298 e. The average molecular weight is 368 g/mol. The van der Waals surface area contributed by atoms with Gasteiger partial charge < -0.3 is 0 Å². The zero-order chi connectivity index (χ0) is 19.0. The van der Waals surface area contributed by atoms with Crippen LogP contribution in [0.1, 0.15) is 25.7 Å². The number of hydrogen-bond acceptors (Lipinski definition) is 1. The van der Waals surface area contributed by atoms with Crippen LogP contribution in [0.5, 0.6) is 0 Å². The van der Waals surface area contributed by atoms with Crippen molar-refractivity contribution in [2.75, 3.05) is 0 Å². The van der Waals surface area contributed by atoms with E-state index in [9.17, 15) is 44.3 Å². The summed E-state index contributed by atoms with van der Waals surface area (Å²) in [4.78, 5) is 10.5. The van der Waals surface area contributed by atoms with E-state index >= 15 is 0 Å². The summed E-state index contributed by atoms with van der Waals surface area (Å²) in [7, 11) is 0. The second-order valence-electron chi connectivity index (χ2n) is 5.55. The lowest BCUT2D eigenvalue weighted by atomic mass is 9.82. The number of hydrogen-bond donors (Lipinski definition) is 0. The van der Waals surface area contributed by atoms with E-state index in [1.807, 2.05) is 0 Å². The number of alkyl halides is 9. The molecule has 24 heavy (non-hydrogen) atoms. The molecule has 0 aromatic rings. The summed E-state index contributed by atoms with van der Waals surface area (Å²) in [6, 6.07) is 0. The lowest BCUT2D eigenvalue weighted by molar-refractivity contribution is -0.395. The van der Waals surface area contributed by atoms with Gasteiger partial charge in [0, 0.05) is 6.42 Å². The van der Waals surface area contributed by atoms with E-state index < -0.39 is 41.9 Å². The molecule has 0 fully saturated rings. The summed E-state index contributed by atoms with van der Waals surface area (Å²) in [5, 5.41) is 0. The Balaban J connectivity index is 2.94. The zero-order valence-corrected chi connectivity index (χ0v) is 12.1. The second kappa shape index (κ2) is 6.44. The van der Waals surface area contributed by atoms with E-state index in [1.165, 1.54) is 6.08 Å². The highest BCUT2D eigenvalue weighted by Crippen LogP contribution is 2.55. The standard InChI is InChI=1S/C14H13F9O/c1-8(10-4-2-9(7-24)3-5-10)6-11(15,16)12(17,18)13(19,20)14(21,22)23/h2,7,10H,1,3-6H2/t10-/m0/s1. The molecule has 1 aliphatic carbocycles. The molecular weight excluding hydrogens is 355 g/mol. The fraction of sp³-hybridized carbons (Fsp3) is 0.643. The Hall–Kier alpha value is -1.48. The molecule has 0 heterocycles. The van der Waals surface area contributed by atoms with Crippen LogP contribution in [0.15, 0.2) is 23.8 Å². The SMILES string of the molecule is C=C(CC(F)(F)C(F)(F)C(F)(F)C(F)(F)F)[C@H]1CC=C(C=O)CC1. The van der Waals surface area contributed by atoms with Gasteiger partial charge in [0.05, 0.1) is 0 Å². The molecule has 0 unspecified atom stereocenters. The Morgan fingerprint density at radius 2 is 1.62 bits per heavy atom. The van der Waals surface area contributed by atoms with Crippen LogP contribution in [-0.4, -0.2) is 30.2 Å². The Morgan fingerprint density at radius 1 is 1.08 bits per heavy atom. The van der Waals surface area contributed by atoms with Crippen LogP contribution < -0.4 is 0 Å². The first-order valence-corrected chi connectivity index (χ1v) is 6.69. The van der Waals surface area contributed by atoms with E-state index in [0.717, 1.165) is 0 Å². The molecule has 1 atom stereocenters. The van der Waals surface area contributed by atoms with E-state index in [-0.39, 0.29) is 19.3 Å². The third-order valence-electron chi connectivity index (χ3n) is 3.83. The van der Waals surface area contributed by atoms with Crippen LogP contribution in [0.3, 0.4) is 0 Å². The molecule has 138 valence electrons. The molecule has 0 aliphatic heterocycles. The van der Waals surface area contributed by atoms with Crippen LogP contribution in [0.4, 0.5) is 39.5 Å². The van der Waals surface area contributed by atoms with Crippen LogP contribution >= 0.6 is 0 Å². The summed E-state index contributed by atoms with van der Waals surface area (Å²) in [5.74, 6) is -20.0. The van der Waals surface area contributed by atoms with Crippen molar-refractivity contribution in [2.45, 2.75) is 49.6 Å². The van der Waals surface area contributed by atoms with Crippen molar-refractivity contribution in [3.8, 4) is 0 Å². The smallest absolute Gasteiger partial charge is 0.298 e. The maximum atomic E-state index is 13.5. The van der Waals surface area contributed by atoms with E-state index in [1.54, 1.807) is 0 Å². The largest absolute Gasteiger partial charge is 0.460 e. The summed E-state index contributed by atoms with van der Waals surface area (Å²) >= 11 is 0. The number of carbonyl (C=O) groups is 1. The van der Waals surface area contributed by atoms with Crippen LogP contribution in [0.2, 0.25) is 0 Å². The molecule has 10 heteroatoms. The zero-order valence-electron chi connectivity index (χ0n) is 12.1. The molecule has 0 amide bonds. The second-order valence-corrected chi connectivity index (χ2v) is 5.55. The molecule has 0 N–H and O–H groups in total. The van der Waals surface area contributed by atoms with Gasteiger partial charge in [0.25, 0.3) is 0 Å². The van der Waals surface area contributed by atoms with Crippen molar-refractivity contribution >= 4 is 6.29 Å². The topological polar surface area (TPSA) is 17.1 Å². The van der Waals surface area contributed by atoms with Crippen molar-refractivity contribution in [1.29, 1.82) is 0 Å². The number of allylic oxidation sites excluding steroid dienone is 3. The fourth-order valence-corrected chi connectivity index (χ4v) is 2.28. The third kappa shape index (κ3) is 3.61. The number of halogens is 9. The lowest BCUT2D eigenvalue weighted by Crippen LogP contribution is -2.61. The molecule has 0 aromatic carbocycles. The van der Waals surface area contributed by atoms with Gasteiger partial charge in [0.2, 0.25) is 0 Å². The van der Waals surface area contributed by atoms with Crippen molar-refractivity contribution in [3.63, 3.8) is 0 Å². The van der Waals surface area contributed by atoms with Crippen molar-refractivity contribution < 1.29 is 44.3 Å². The molecule has 0 radical (unpaired) electrons. The molecule has 1 nitrogen and oxygen atoms in total. The molecule has 0 bridgehead atoms. The molecule has 0 aromatic heterocycles. The summed E-state index contributed by atoms with van der Waals surface area (Å²) in [6.07, 6.45) is -6.74. The monoisotopic (exact) mass is 368 g/mol. The molecule has 0 saturated carbocycles. The van der Waals surface area contributed by atoms with Crippen molar-refractivity contribution in [2.24, 2.45) is 5.92 Å². The van der Waals surface area contributed by atoms with Gasteiger partial charge in [0.1, 0.15) is 6.29 Å². The molecule has 0 saturated heterocycles. The highest BCUT2D eigenvalue weighted by Gasteiger charge is 2.81. The van der Waals surface area contributed by atoms with Gasteiger partial charge in [-0.3, -0.25) is 4.79 Å². The van der Waals surface area contributed by atoms with Gasteiger partial charge in [-0.15, -0.1) is 0 Å². The van der Waals surface area contributed by atoms with Crippen LogP contribution in [0.25, 0.3) is 0 Å². The first-order chi connectivity index (χ1) is 10.7. The van der Waals surface area contributed by atoms with E-state index in [2.05, 4.69) is 6.58 Å². The predicted molar refractivity (Wildman–Crippen MR) is 66.1 cm³/mol. The summed E-state index contributed by atoms with van der Waals surface area (Å²) in [6.45, 7) is 3.12. The number of rotatable bonds is 6. The molecule has 1 rings (SSSR count). The number of aldehydes is 1. The van der Waals surface area contributed by atoms with Gasteiger partial charge in [-0.1, -0.05) is 18.2 Å². The first kappa shape index (κ1) is 20.6. The maximum absolute atomic E-state index is 13.5. The Labute approximate surface area is 131 Å². The normalized spacial score (nSPS) is 20.5.